The molecule has 0 amide bonds. The van der Waals surface area contributed by atoms with E-state index in [1.165, 1.54) is 6.07 Å². The summed E-state index contributed by atoms with van der Waals surface area (Å²) in [6.45, 7) is 0.489. The minimum absolute atomic E-state index is 0.274. The fourth-order valence-corrected chi connectivity index (χ4v) is 2.64. The average Bonchev–Trinajstić information content (AvgIpc) is 2.75. The molecule has 0 spiro atoms. The molecule has 3 aromatic rings. The molecule has 0 bridgehead atoms. The maximum atomic E-state index is 13.8. The van der Waals surface area contributed by atoms with Gasteiger partial charge in [-0.1, -0.05) is 39.7 Å². The zero-order valence-electron chi connectivity index (χ0n) is 9.91. The van der Waals surface area contributed by atoms with Gasteiger partial charge in [-0.3, -0.25) is 0 Å². The van der Waals surface area contributed by atoms with Crippen molar-refractivity contribution in [2.75, 3.05) is 0 Å². The number of rotatable bonds is 2. The summed E-state index contributed by atoms with van der Waals surface area (Å²) in [5, 5.41) is 1.55. The summed E-state index contributed by atoms with van der Waals surface area (Å²) in [7, 11) is 0. The lowest BCUT2D eigenvalue weighted by molar-refractivity contribution is 0.602. The van der Waals surface area contributed by atoms with E-state index in [1.807, 2.05) is 35.0 Å². The highest BCUT2D eigenvalue weighted by Gasteiger charge is 2.06. The Morgan fingerprint density at radius 2 is 1.95 bits per heavy atom. The van der Waals surface area contributed by atoms with Gasteiger partial charge in [-0.15, -0.1) is 0 Å². The maximum absolute atomic E-state index is 13.8. The van der Waals surface area contributed by atoms with Crippen LogP contribution in [0.5, 0.6) is 0 Å². The van der Waals surface area contributed by atoms with Crippen LogP contribution in [0.3, 0.4) is 0 Å². The predicted octanol–water partition coefficient (Wildman–Crippen LogP) is 5.24. The van der Waals surface area contributed by atoms with E-state index in [4.69, 9.17) is 11.6 Å². The molecule has 0 fully saturated rings. The predicted molar refractivity (Wildman–Crippen MR) is 80.2 cm³/mol. The van der Waals surface area contributed by atoms with E-state index >= 15 is 0 Å². The molecule has 1 aromatic heterocycles. The molecule has 0 atom stereocenters. The molecule has 1 heterocycles. The summed E-state index contributed by atoms with van der Waals surface area (Å²) < 4.78 is 16.8. The number of hydrogen-bond acceptors (Lipinski definition) is 0. The van der Waals surface area contributed by atoms with E-state index in [1.54, 1.807) is 12.1 Å². The lowest BCUT2D eigenvalue weighted by Gasteiger charge is -2.07. The minimum Gasteiger partial charge on any atom is -0.343 e. The van der Waals surface area contributed by atoms with Crippen molar-refractivity contribution in [1.29, 1.82) is 0 Å². The summed E-state index contributed by atoms with van der Waals surface area (Å²) in [4.78, 5) is 0. The number of benzene rings is 2. The fourth-order valence-electron chi connectivity index (χ4n) is 2.13. The maximum Gasteiger partial charge on any atom is 0.129 e. The molecule has 0 saturated carbocycles. The largest absolute Gasteiger partial charge is 0.343 e. The molecular weight excluding hydrogens is 329 g/mol. The molecular formula is C15H10BrClFN. The third-order valence-corrected chi connectivity index (χ3v) is 3.82. The Labute approximate surface area is 123 Å². The van der Waals surface area contributed by atoms with Crippen molar-refractivity contribution in [1.82, 2.24) is 4.57 Å². The second kappa shape index (κ2) is 4.99. The van der Waals surface area contributed by atoms with Crippen molar-refractivity contribution in [2.45, 2.75) is 6.54 Å². The van der Waals surface area contributed by atoms with Gasteiger partial charge in [0, 0.05) is 26.8 Å². The van der Waals surface area contributed by atoms with Crippen LogP contribution < -0.4 is 0 Å². The zero-order valence-corrected chi connectivity index (χ0v) is 12.2. The van der Waals surface area contributed by atoms with Crippen molar-refractivity contribution in [3.05, 3.63) is 69.5 Å². The normalized spacial score (nSPS) is 11.1. The smallest absolute Gasteiger partial charge is 0.129 e. The molecule has 0 aliphatic heterocycles. The van der Waals surface area contributed by atoms with E-state index in [2.05, 4.69) is 15.9 Å². The summed E-state index contributed by atoms with van der Waals surface area (Å²) in [6, 6.07) is 12.9. The van der Waals surface area contributed by atoms with E-state index in [9.17, 15) is 4.39 Å². The number of halogens is 3. The fraction of sp³-hybridized carbons (Fsp3) is 0.0667. The first-order valence-corrected chi connectivity index (χ1v) is 6.99. The van der Waals surface area contributed by atoms with Crippen molar-refractivity contribution >= 4 is 38.4 Å². The van der Waals surface area contributed by atoms with Crippen LogP contribution in [0.25, 0.3) is 10.9 Å². The Bertz CT molecular complexity index is 751. The van der Waals surface area contributed by atoms with Crippen molar-refractivity contribution in [2.24, 2.45) is 0 Å². The Kier molecular flexibility index (Phi) is 3.33. The third-order valence-electron chi connectivity index (χ3n) is 3.09. The average molecular weight is 339 g/mol. The van der Waals surface area contributed by atoms with Gasteiger partial charge >= 0.3 is 0 Å². The monoisotopic (exact) mass is 337 g/mol. The van der Waals surface area contributed by atoms with Gasteiger partial charge in [0.05, 0.1) is 6.54 Å². The number of fused-ring (bicyclic) bond motifs is 1. The molecule has 1 nitrogen and oxygen atoms in total. The molecule has 19 heavy (non-hydrogen) atoms. The van der Waals surface area contributed by atoms with Crippen molar-refractivity contribution < 1.29 is 4.39 Å². The van der Waals surface area contributed by atoms with Crippen LogP contribution in [0.4, 0.5) is 4.39 Å². The van der Waals surface area contributed by atoms with Crippen LogP contribution in [0.1, 0.15) is 5.56 Å². The van der Waals surface area contributed by atoms with Crippen LogP contribution in [0.2, 0.25) is 5.02 Å². The minimum atomic E-state index is -0.274. The number of aromatic nitrogens is 1. The van der Waals surface area contributed by atoms with Crippen LogP contribution in [0, 0.1) is 5.82 Å². The first-order valence-electron chi connectivity index (χ1n) is 5.82. The molecule has 0 unspecified atom stereocenters. The Morgan fingerprint density at radius 3 is 2.74 bits per heavy atom. The molecule has 0 N–H and O–H groups in total. The second-order valence-electron chi connectivity index (χ2n) is 4.38. The standard InChI is InChI=1S/C15H10BrClFN/c16-12-3-1-10-5-6-19(15(10)7-12)9-11-2-4-13(17)8-14(11)18/h1-8H,9H2. The molecule has 0 radical (unpaired) electrons. The zero-order chi connectivity index (χ0) is 13.4. The Balaban J connectivity index is 2.03. The van der Waals surface area contributed by atoms with E-state index < -0.39 is 0 Å². The van der Waals surface area contributed by atoms with Crippen molar-refractivity contribution in [3.8, 4) is 0 Å². The molecule has 4 heteroatoms. The quantitative estimate of drug-likeness (QED) is 0.602. The number of nitrogens with zero attached hydrogens (tertiary/aromatic N) is 1. The van der Waals surface area contributed by atoms with E-state index in [0.29, 0.717) is 17.1 Å². The lowest BCUT2D eigenvalue weighted by atomic mass is 10.2. The van der Waals surface area contributed by atoms with Crippen molar-refractivity contribution in [3.63, 3.8) is 0 Å². The van der Waals surface area contributed by atoms with Gasteiger partial charge < -0.3 is 4.57 Å². The van der Waals surface area contributed by atoms with Gasteiger partial charge in [0.2, 0.25) is 0 Å². The van der Waals surface area contributed by atoms with Gasteiger partial charge in [0.1, 0.15) is 5.82 Å². The molecule has 0 aliphatic rings. The highest BCUT2D eigenvalue weighted by molar-refractivity contribution is 9.10. The molecule has 0 aliphatic carbocycles. The van der Waals surface area contributed by atoms with Gasteiger partial charge in [-0.05, 0) is 35.7 Å². The summed E-state index contributed by atoms with van der Waals surface area (Å²) in [5.41, 5.74) is 1.70. The van der Waals surface area contributed by atoms with Gasteiger partial charge in [-0.2, -0.15) is 0 Å². The summed E-state index contributed by atoms with van der Waals surface area (Å²) >= 11 is 9.22. The molecule has 0 saturated heterocycles. The third kappa shape index (κ3) is 2.53. The summed E-state index contributed by atoms with van der Waals surface area (Å²) in [6.07, 6.45) is 1.96. The summed E-state index contributed by atoms with van der Waals surface area (Å²) in [5.74, 6) is -0.274. The highest BCUT2D eigenvalue weighted by Crippen LogP contribution is 2.23. The van der Waals surface area contributed by atoms with Crippen LogP contribution >= 0.6 is 27.5 Å². The Morgan fingerprint density at radius 1 is 1.11 bits per heavy atom. The lowest BCUT2D eigenvalue weighted by Crippen LogP contribution is -2.00. The highest BCUT2D eigenvalue weighted by atomic mass is 79.9. The first-order chi connectivity index (χ1) is 9.13. The SMILES string of the molecule is Fc1cc(Cl)ccc1Cn1ccc2ccc(Br)cc21. The topological polar surface area (TPSA) is 4.93 Å². The molecule has 2 aromatic carbocycles. The van der Waals surface area contributed by atoms with Gasteiger partial charge in [0.15, 0.2) is 0 Å². The molecule has 96 valence electrons. The van der Waals surface area contributed by atoms with Crippen LogP contribution in [0.15, 0.2) is 53.1 Å². The van der Waals surface area contributed by atoms with Gasteiger partial charge in [0.25, 0.3) is 0 Å². The van der Waals surface area contributed by atoms with E-state index in [0.717, 1.165) is 15.4 Å². The second-order valence-corrected chi connectivity index (χ2v) is 5.73. The van der Waals surface area contributed by atoms with Crippen LogP contribution in [-0.4, -0.2) is 4.57 Å². The first kappa shape index (κ1) is 12.7. The van der Waals surface area contributed by atoms with Crippen LogP contribution in [-0.2, 0) is 6.54 Å². The van der Waals surface area contributed by atoms with E-state index in [-0.39, 0.29) is 5.82 Å². The number of hydrogen-bond donors (Lipinski definition) is 0. The molecule has 3 rings (SSSR count). The van der Waals surface area contributed by atoms with Gasteiger partial charge in [-0.25, -0.2) is 4.39 Å². The Hall–Kier alpha value is -1.32.